The third-order valence-corrected chi connectivity index (χ3v) is 2.55. The number of carbonyl (C=O) groups is 2. The molecule has 1 atom stereocenters. The number of aliphatic carboxylic acids is 2. The molecule has 1 aromatic heterocycles. The second-order valence-electron chi connectivity index (χ2n) is 2.68. The van der Waals surface area contributed by atoms with Crippen molar-refractivity contribution in [1.82, 2.24) is 4.98 Å². The second kappa shape index (κ2) is 4.20. The molecule has 0 fully saturated rings. The van der Waals surface area contributed by atoms with E-state index < -0.39 is 17.5 Å². The summed E-state index contributed by atoms with van der Waals surface area (Å²) in [6.45, 7) is 0. The van der Waals surface area contributed by atoms with Crippen LogP contribution in [0.3, 0.4) is 0 Å². The van der Waals surface area contributed by atoms with Gasteiger partial charge in [0.15, 0.2) is 5.54 Å². The molecule has 15 heavy (non-hydrogen) atoms. The maximum atomic E-state index is 10.9. The zero-order valence-corrected chi connectivity index (χ0v) is 8.27. The molecule has 0 spiro atoms. The molecule has 1 unspecified atom stereocenters. The average molecular weight is 228 g/mol. The smallest absolute Gasteiger partial charge is 0.334 e. The van der Waals surface area contributed by atoms with Crippen molar-refractivity contribution in [1.29, 1.82) is 0 Å². The van der Waals surface area contributed by atoms with Crippen molar-refractivity contribution >= 4 is 23.3 Å². The van der Waals surface area contributed by atoms with Crippen LogP contribution in [-0.2, 0) is 15.1 Å². The molecule has 0 radical (unpaired) electrons. The molecular formula is C8H8N2O4S. The first kappa shape index (κ1) is 11.3. The standard InChI is InChI=1S/C8H8N2O4S/c9-8(7(13)14,2-1-5(11)12)6-10-3-4-15-6/h1-4H,9H2,(H,11,12)(H,13,14). The molecule has 0 aliphatic carbocycles. The Hall–Kier alpha value is -1.73. The first-order valence-electron chi connectivity index (χ1n) is 3.81. The molecule has 0 bridgehead atoms. The molecule has 7 heteroatoms. The minimum atomic E-state index is -1.88. The van der Waals surface area contributed by atoms with E-state index in [2.05, 4.69) is 4.98 Å². The second-order valence-corrected chi connectivity index (χ2v) is 3.58. The Morgan fingerprint density at radius 2 is 2.20 bits per heavy atom. The van der Waals surface area contributed by atoms with Gasteiger partial charge in [-0.2, -0.15) is 0 Å². The van der Waals surface area contributed by atoms with E-state index in [9.17, 15) is 9.59 Å². The van der Waals surface area contributed by atoms with Gasteiger partial charge in [0.1, 0.15) is 5.01 Å². The van der Waals surface area contributed by atoms with Gasteiger partial charge in [-0.05, 0) is 6.08 Å². The number of hydrogen-bond acceptors (Lipinski definition) is 5. The van der Waals surface area contributed by atoms with Crippen LogP contribution in [0.25, 0.3) is 0 Å². The molecule has 1 aromatic rings. The van der Waals surface area contributed by atoms with Gasteiger partial charge in [-0.3, -0.25) is 0 Å². The SMILES string of the molecule is NC(C=CC(=O)O)(C(=O)O)c1nccs1. The number of carboxylic acid groups (broad SMARTS) is 2. The number of aromatic nitrogens is 1. The van der Waals surface area contributed by atoms with E-state index in [1.807, 2.05) is 0 Å². The fourth-order valence-electron chi connectivity index (χ4n) is 0.865. The third-order valence-electron chi connectivity index (χ3n) is 1.63. The molecule has 0 saturated heterocycles. The summed E-state index contributed by atoms with van der Waals surface area (Å²) in [7, 11) is 0. The molecule has 1 heterocycles. The predicted octanol–water partition coefficient (Wildman–Crippen LogP) is 0.0225. The van der Waals surface area contributed by atoms with Gasteiger partial charge in [0.05, 0.1) is 0 Å². The minimum Gasteiger partial charge on any atom is -0.479 e. The van der Waals surface area contributed by atoms with E-state index in [0.717, 1.165) is 17.4 Å². The number of nitrogens with zero attached hydrogens (tertiary/aromatic N) is 1. The summed E-state index contributed by atoms with van der Waals surface area (Å²) in [4.78, 5) is 25.0. The highest BCUT2D eigenvalue weighted by Crippen LogP contribution is 2.22. The monoisotopic (exact) mass is 228 g/mol. The molecule has 6 nitrogen and oxygen atoms in total. The Labute approximate surface area is 88.7 Å². The Balaban J connectivity index is 3.10. The lowest BCUT2D eigenvalue weighted by atomic mass is 10.0. The highest BCUT2D eigenvalue weighted by molar-refractivity contribution is 7.09. The van der Waals surface area contributed by atoms with Crippen molar-refractivity contribution in [2.45, 2.75) is 5.54 Å². The maximum Gasteiger partial charge on any atom is 0.334 e. The van der Waals surface area contributed by atoms with Crippen LogP contribution in [0.2, 0.25) is 0 Å². The minimum absolute atomic E-state index is 0.132. The Morgan fingerprint density at radius 3 is 2.60 bits per heavy atom. The molecule has 0 aliphatic heterocycles. The highest BCUT2D eigenvalue weighted by atomic mass is 32.1. The van der Waals surface area contributed by atoms with Gasteiger partial charge in [-0.15, -0.1) is 11.3 Å². The van der Waals surface area contributed by atoms with Crippen LogP contribution in [0.1, 0.15) is 5.01 Å². The van der Waals surface area contributed by atoms with E-state index in [-0.39, 0.29) is 5.01 Å². The van der Waals surface area contributed by atoms with Crippen LogP contribution in [0.5, 0.6) is 0 Å². The summed E-state index contributed by atoms with van der Waals surface area (Å²) in [6.07, 6.45) is 2.99. The van der Waals surface area contributed by atoms with Crippen LogP contribution >= 0.6 is 11.3 Å². The Kier molecular flexibility index (Phi) is 3.17. The van der Waals surface area contributed by atoms with Crippen LogP contribution in [0.4, 0.5) is 0 Å². The van der Waals surface area contributed by atoms with E-state index >= 15 is 0 Å². The molecule has 0 aromatic carbocycles. The van der Waals surface area contributed by atoms with E-state index in [4.69, 9.17) is 15.9 Å². The quantitative estimate of drug-likeness (QED) is 0.626. The van der Waals surface area contributed by atoms with E-state index in [1.54, 1.807) is 5.38 Å². The molecule has 0 amide bonds. The van der Waals surface area contributed by atoms with Crippen LogP contribution in [0.15, 0.2) is 23.7 Å². The fraction of sp³-hybridized carbons (Fsp3) is 0.125. The molecule has 80 valence electrons. The summed E-state index contributed by atoms with van der Waals surface area (Å²) in [5, 5.41) is 19.0. The molecular weight excluding hydrogens is 220 g/mol. The van der Waals surface area contributed by atoms with Gasteiger partial charge < -0.3 is 15.9 Å². The first-order chi connectivity index (χ1) is 6.97. The van der Waals surface area contributed by atoms with E-state index in [1.165, 1.54) is 6.20 Å². The lowest BCUT2D eigenvalue weighted by molar-refractivity contribution is -0.141. The summed E-state index contributed by atoms with van der Waals surface area (Å²) < 4.78 is 0. The maximum absolute atomic E-state index is 10.9. The normalized spacial score (nSPS) is 15.0. The van der Waals surface area contributed by atoms with Gasteiger partial charge >= 0.3 is 11.9 Å². The molecule has 1 rings (SSSR count). The van der Waals surface area contributed by atoms with Crippen molar-refractivity contribution in [3.63, 3.8) is 0 Å². The predicted molar refractivity (Wildman–Crippen MR) is 52.4 cm³/mol. The van der Waals surface area contributed by atoms with Crippen molar-refractivity contribution in [3.05, 3.63) is 28.7 Å². The summed E-state index contributed by atoms with van der Waals surface area (Å²) in [6, 6.07) is 0. The highest BCUT2D eigenvalue weighted by Gasteiger charge is 2.36. The zero-order valence-electron chi connectivity index (χ0n) is 7.45. The van der Waals surface area contributed by atoms with Crippen LogP contribution in [0, 0.1) is 0 Å². The van der Waals surface area contributed by atoms with Crippen molar-refractivity contribution in [3.8, 4) is 0 Å². The fourth-order valence-corrected chi connectivity index (χ4v) is 1.59. The van der Waals surface area contributed by atoms with E-state index in [0.29, 0.717) is 6.08 Å². The van der Waals surface area contributed by atoms with Crippen LogP contribution in [-0.4, -0.2) is 27.1 Å². The zero-order chi connectivity index (χ0) is 11.5. The van der Waals surface area contributed by atoms with Gasteiger partial charge in [-0.1, -0.05) is 0 Å². The molecule has 0 saturated carbocycles. The van der Waals surface area contributed by atoms with Crippen molar-refractivity contribution in [2.24, 2.45) is 5.73 Å². The number of rotatable bonds is 4. The summed E-state index contributed by atoms with van der Waals surface area (Å²) in [5.41, 5.74) is 3.67. The van der Waals surface area contributed by atoms with Crippen LogP contribution < -0.4 is 5.73 Å². The number of carboxylic acids is 2. The number of thiazole rings is 1. The molecule has 0 aliphatic rings. The number of nitrogens with two attached hydrogens (primary N) is 1. The third kappa shape index (κ3) is 2.39. The van der Waals surface area contributed by atoms with Crippen molar-refractivity contribution in [2.75, 3.05) is 0 Å². The van der Waals surface area contributed by atoms with Crippen molar-refractivity contribution < 1.29 is 19.8 Å². The molecule has 4 N–H and O–H groups in total. The summed E-state index contributed by atoms with van der Waals surface area (Å²) >= 11 is 1.05. The average Bonchev–Trinajstić information content (AvgIpc) is 2.66. The summed E-state index contributed by atoms with van der Waals surface area (Å²) in [5.74, 6) is -2.61. The Morgan fingerprint density at radius 1 is 1.53 bits per heavy atom. The number of hydrogen-bond donors (Lipinski definition) is 3. The van der Waals surface area contributed by atoms with Gasteiger partial charge in [-0.25, -0.2) is 14.6 Å². The lowest BCUT2D eigenvalue weighted by Gasteiger charge is -2.16. The first-order valence-corrected chi connectivity index (χ1v) is 4.69. The topological polar surface area (TPSA) is 114 Å². The Bertz CT molecular complexity index is 401. The lowest BCUT2D eigenvalue weighted by Crippen LogP contribution is -2.43. The van der Waals surface area contributed by atoms with Gasteiger partial charge in [0, 0.05) is 17.7 Å². The van der Waals surface area contributed by atoms with Gasteiger partial charge in [0.25, 0.3) is 0 Å². The van der Waals surface area contributed by atoms with Gasteiger partial charge in [0.2, 0.25) is 0 Å². The largest absolute Gasteiger partial charge is 0.479 e.